The highest BCUT2D eigenvalue weighted by Crippen LogP contribution is 2.43. The number of aliphatic hydroxyl groups is 2. The van der Waals surface area contributed by atoms with E-state index < -0.39 is 5.60 Å². The summed E-state index contributed by atoms with van der Waals surface area (Å²) in [7, 11) is 0. The number of hydrogen-bond acceptors (Lipinski definition) is 3. The molecule has 4 heteroatoms. The lowest BCUT2D eigenvalue weighted by molar-refractivity contribution is -0.0216. The second-order valence-corrected chi connectivity index (χ2v) is 9.66. The lowest BCUT2D eigenvalue weighted by Crippen LogP contribution is -2.45. The Bertz CT molecular complexity index is 914. The van der Waals surface area contributed by atoms with Crippen LogP contribution in [-0.2, 0) is 5.60 Å². The van der Waals surface area contributed by atoms with E-state index in [0.717, 1.165) is 54.4 Å². The second kappa shape index (κ2) is 10.8. The van der Waals surface area contributed by atoms with Crippen LogP contribution < -0.4 is 0 Å². The third kappa shape index (κ3) is 4.99. The molecule has 1 atom stereocenters. The van der Waals surface area contributed by atoms with E-state index in [9.17, 15) is 10.2 Å². The monoisotopic (exact) mass is 493 g/mol. The fraction of sp³-hybridized carbons (Fsp3) is 0.357. The maximum absolute atomic E-state index is 12.1. The van der Waals surface area contributed by atoms with Crippen LogP contribution in [0.25, 0.3) is 0 Å². The Hall–Kier alpha value is -1.98. The molecule has 0 spiro atoms. The van der Waals surface area contributed by atoms with Crippen molar-refractivity contribution in [2.45, 2.75) is 37.3 Å². The summed E-state index contributed by atoms with van der Waals surface area (Å²) in [6.07, 6.45) is 3.57. The Morgan fingerprint density at radius 2 is 1.38 bits per heavy atom. The van der Waals surface area contributed by atoms with Gasteiger partial charge in [0, 0.05) is 17.1 Å². The van der Waals surface area contributed by atoms with Crippen molar-refractivity contribution >= 4 is 15.9 Å². The van der Waals surface area contributed by atoms with E-state index in [0.29, 0.717) is 0 Å². The SMILES string of the molecule is OCCCC(c1ccc(Br)cc1)N1CCC(C(O)(c2ccccc2)c2ccccc2)CC1. The van der Waals surface area contributed by atoms with Crippen LogP contribution in [0.2, 0.25) is 0 Å². The summed E-state index contributed by atoms with van der Waals surface area (Å²) in [6.45, 7) is 2.07. The first kappa shape index (κ1) is 23.2. The number of piperidine rings is 1. The molecule has 1 saturated heterocycles. The fourth-order valence-electron chi connectivity index (χ4n) is 5.18. The van der Waals surface area contributed by atoms with Gasteiger partial charge in [-0.15, -0.1) is 0 Å². The van der Waals surface area contributed by atoms with Gasteiger partial charge in [0.15, 0.2) is 0 Å². The maximum atomic E-state index is 12.1. The van der Waals surface area contributed by atoms with Crippen LogP contribution in [0.5, 0.6) is 0 Å². The lowest BCUT2D eigenvalue weighted by Gasteiger charge is -2.44. The summed E-state index contributed by atoms with van der Waals surface area (Å²) >= 11 is 3.54. The molecule has 0 saturated carbocycles. The number of rotatable bonds is 8. The molecule has 1 aliphatic heterocycles. The van der Waals surface area contributed by atoms with Gasteiger partial charge in [-0.1, -0.05) is 88.7 Å². The van der Waals surface area contributed by atoms with E-state index in [1.165, 1.54) is 5.56 Å². The van der Waals surface area contributed by atoms with Gasteiger partial charge < -0.3 is 10.2 Å². The van der Waals surface area contributed by atoms with Crippen LogP contribution in [0.15, 0.2) is 89.4 Å². The molecule has 0 radical (unpaired) electrons. The van der Waals surface area contributed by atoms with Crippen molar-refractivity contribution in [3.63, 3.8) is 0 Å². The van der Waals surface area contributed by atoms with Gasteiger partial charge in [-0.05, 0) is 73.5 Å². The summed E-state index contributed by atoms with van der Waals surface area (Å²) < 4.78 is 1.08. The van der Waals surface area contributed by atoms with Crippen molar-refractivity contribution in [1.29, 1.82) is 0 Å². The van der Waals surface area contributed by atoms with Crippen molar-refractivity contribution in [2.24, 2.45) is 5.92 Å². The maximum Gasteiger partial charge on any atom is 0.117 e. The third-order valence-electron chi connectivity index (χ3n) is 6.88. The fourth-order valence-corrected chi connectivity index (χ4v) is 5.45. The van der Waals surface area contributed by atoms with Crippen LogP contribution in [0, 0.1) is 5.92 Å². The Morgan fingerprint density at radius 1 is 0.844 bits per heavy atom. The second-order valence-electron chi connectivity index (χ2n) is 8.74. The normalized spacial score (nSPS) is 16.7. The molecule has 0 bridgehead atoms. The zero-order chi connectivity index (χ0) is 22.4. The first-order valence-corrected chi connectivity index (χ1v) is 12.4. The number of hydrogen-bond donors (Lipinski definition) is 2. The average Bonchev–Trinajstić information content (AvgIpc) is 2.86. The minimum absolute atomic E-state index is 0.145. The average molecular weight is 494 g/mol. The van der Waals surface area contributed by atoms with E-state index in [1.807, 2.05) is 60.7 Å². The molecular weight excluding hydrogens is 462 g/mol. The molecule has 2 N–H and O–H groups in total. The molecule has 4 rings (SSSR count). The van der Waals surface area contributed by atoms with Crippen molar-refractivity contribution < 1.29 is 10.2 Å². The van der Waals surface area contributed by atoms with Gasteiger partial charge in [-0.3, -0.25) is 4.90 Å². The lowest BCUT2D eigenvalue weighted by atomic mass is 9.72. The highest BCUT2D eigenvalue weighted by atomic mass is 79.9. The molecule has 1 unspecified atom stereocenters. The van der Waals surface area contributed by atoms with Gasteiger partial charge in [0.25, 0.3) is 0 Å². The van der Waals surface area contributed by atoms with Crippen molar-refractivity contribution in [1.82, 2.24) is 4.90 Å². The van der Waals surface area contributed by atoms with Gasteiger partial charge in [0.1, 0.15) is 5.60 Å². The molecule has 3 aromatic rings. The molecule has 1 fully saturated rings. The Morgan fingerprint density at radius 3 is 1.88 bits per heavy atom. The molecule has 3 nitrogen and oxygen atoms in total. The standard InChI is InChI=1S/C28H32BrNO2/c29-26-15-13-22(14-16-26)27(12-7-21-31)30-19-17-25(18-20-30)28(32,23-8-3-1-4-9-23)24-10-5-2-6-11-24/h1-6,8-11,13-16,25,27,31-32H,7,12,17-21H2. The van der Waals surface area contributed by atoms with Gasteiger partial charge in [-0.25, -0.2) is 0 Å². The minimum atomic E-state index is -0.993. The van der Waals surface area contributed by atoms with E-state index in [2.05, 4.69) is 45.1 Å². The minimum Gasteiger partial charge on any atom is -0.396 e. The molecule has 32 heavy (non-hydrogen) atoms. The van der Waals surface area contributed by atoms with Crippen LogP contribution in [-0.4, -0.2) is 34.8 Å². The molecule has 0 aliphatic carbocycles. The van der Waals surface area contributed by atoms with Crippen molar-refractivity contribution in [3.8, 4) is 0 Å². The van der Waals surface area contributed by atoms with Crippen molar-refractivity contribution in [2.75, 3.05) is 19.7 Å². The molecular formula is C28H32BrNO2. The number of aliphatic hydroxyl groups excluding tert-OH is 1. The smallest absolute Gasteiger partial charge is 0.117 e. The Balaban J connectivity index is 1.56. The topological polar surface area (TPSA) is 43.7 Å². The molecule has 3 aromatic carbocycles. The summed E-state index contributed by atoms with van der Waals surface area (Å²) in [6, 6.07) is 29.1. The summed E-state index contributed by atoms with van der Waals surface area (Å²) in [5, 5.41) is 21.6. The van der Waals surface area contributed by atoms with Gasteiger partial charge in [0.05, 0.1) is 0 Å². The molecule has 0 aromatic heterocycles. The number of likely N-dealkylation sites (tertiary alicyclic amines) is 1. The third-order valence-corrected chi connectivity index (χ3v) is 7.41. The summed E-state index contributed by atoms with van der Waals surface area (Å²) in [5.41, 5.74) is 2.23. The van der Waals surface area contributed by atoms with Gasteiger partial charge in [-0.2, -0.15) is 0 Å². The molecule has 168 valence electrons. The summed E-state index contributed by atoms with van der Waals surface area (Å²) in [5.74, 6) is 0.145. The number of nitrogens with zero attached hydrogens (tertiary/aromatic N) is 1. The molecule has 1 heterocycles. The number of benzene rings is 3. The van der Waals surface area contributed by atoms with Crippen LogP contribution in [0.4, 0.5) is 0 Å². The highest BCUT2D eigenvalue weighted by molar-refractivity contribution is 9.10. The largest absolute Gasteiger partial charge is 0.396 e. The van der Waals surface area contributed by atoms with Crippen molar-refractivity contribution in [3.05, 3.63) is 106 Å². The number of halogens is 1. The van der Waals surface area contributed by atoms with E-state index in [1.54, 1.807) is 0 Å². The zero-order valence-corrected chi connectivity index (χ0v) is 20.0. The predicted octanol–water partition coefficient (Wildman–Crippen LogP) is 5.91. The van der Waals surface area contributed by atoms with E-state index >= 15 is 0 Å². The quantitative estimate of drug-likeness (QED) is 0.409. The highest BCUT2D eigenvalue weighted by Gasteiger charge is 2.42. The first-order chi connectivity index (χ1) is 15.6. The van der Waals surface area contributed by atoms with E-state index in [-0.39, 0.29) is 18.6 Å². The zero-order valence-electron chi connectivity index (χ0n) is 18.4. The Labute approximate surface area is 199 Å². The van der Waals surface area contributed by atoms with Crippen LogP contribution in [0.3, 0.4) is 0 Å². The van der Waals surface area contributed by atoms with E-state index in [4.69, 9.17) is 0 Å². The van der Waals surface area contributed by atoms with Crippen LogP contribution >= 0.6 is 15.9 Å². The van der Waals surface area contributed by atoms with Gasteiger partial charge >= 0.3 is 0 Å². The van der Waals surface area contributed by atoms with Crippen LogP contribution in [0.1, 0.15) is 48.4 Å². The first-order valence-electron chi connectivity index (χ1n) is 11.6. The molecule has 0 amide bonds. The molecule has 1 aliphatic rings. The predicted molar refractivity (Wildman–Crippen MR) is 133 cm³/mol. The summed E-state index contributed by atoms with van der Waals surface area (Å²) in [4.78, 5) is 2.53. The van der Waals surface area contributed by atoms with Gasteiger partial charge in [0.2, 0.25) is 0 Å². The Kier molecular flexibility index (Phi) is 7.80.